The third-order valence-electron chi connectivity index (χ3n) is 3.88. The SMILES string of the molecule is NCC(Cc1ccc(OCc2ccccc2)cc1)c1cccs1. The maximum atomic E-state index is 5.94. The summed E-state index contributed by atoms with van der Waals surface area (Å²) in [6.45, 7) is 1.27. The molecule has 0 spiro atoms. The minimum absolute atomic E-state index is 0.395. The Morgan fingerprint density at radius 3 is 2.30 bits per heavy atom. The van der Waals surface area contributed by atoms with Crippen LogP contribution in [0.1, 0.15) is 21.9 Å². The van der Waals surface area contributed by atoms with Gasteiger partial charge in [0.15, 0.2) is 0 Å². The summed E-state index contributed by atoms with van der Waals surface area (Å²) in [6.07, 6.45) is 0.968. The molecule has 0 saturated carbocycles. The van der Waals surface area contributed by atoms with Gasteiger partial charge in [-0.1, -0.05) is 48.5 Å². The Morgan fingerprint density at radius 2 is 1.65 bits per heavy atom. The number of thiophene rings is 1. The highest BCUT2D eigenvalue weighted by Gasteiger charge is 2.11. The second kappa shape index (κ2) is 7.95. The Morgan fingerprint density at radius 1 is 0.870 bits per heavy atom. The van der Waals surface area contributed by atoms with Gasteiger partial charge in [0.25, 0.3) is 0 Å². The number of hydrogen-bond acceptors (Lipinski definition) is 3. The van der Waals surface area contributed by atoms with E-state index in [1.54, 1.807) is 11.3 Å². The molecule has 1 aromatic heterocycles. The van der Waals surface area contributed by atoms with Crippen LogP contribution in [-0.4, -0.2) is 6.54 Å². The van der Waals surface area contributed by atoms with Gasteiger partial charge in [-0.3, -0.25) is 0 Å². The number of nitrogens with two attached hydrogens (primary N) is 1. The summed E-state index contributed by atoms with van der Waals surface area (Å²) >= 11 is 1.78. The third-order valence-corrected chi connectivity index (χ3v) is 4.92. The van der Waals surface area contributed by atoms with Crippen LogP contribution in [0.25, 0.3) is 0 Å². The zero-order valence-corrected chi connectivity index (χ0v) is 13.8. The van der Waals surface area contributed by atoms with Crippen molar-refractivity contribution in [1.82, 2.24) is 0 Å². The van der Waals surface area contributed by atoms with E-state index in [0.717, 1.165) is 12.2 Å². The molecule has 118 valence electrons. The largest absolute Gasteiger partial charge is 0.489 e. The minimum Gasteiger partial charge on any atom is -0.489 e. The van der Waals surface area contributed by atoms with E-state index >= 15 is 0 Å². The molecule has 0 bridgehead atoms. The van der Waals surface area contributed by atoms with Gasteiger partial charge in [0.2, 0.25) is 0 Å². The van der Waals surface area contributed by atoms with Crippen molar-refractivity contribution in [3.63, 3.8) is 0 Å². The molecule has 3 aromatic rings. The van der Waals surface area contributed by atoms with Gasteiger partial charge in [-0.05, 0) is 41.1 Å². The van der Waals surface area contributed by atoms with Crippen LogP contribution in [0.4, 0.5) is 0 Å². The lowest BCUT2D eigenvalue weighted by atomic mass is 9.98. The van der Waals surface area contributed by atoms with Gasteiger partial charge in [-0.2, -0.15) is 0 Å². The first-order valence-corrected chi connectivity index (χ1v) is 8.72. The van der Waals surface area contributed by atoms with Crippen LogP contribution in [0, 0.1) is 0 Å². The molecule has 0 fully saturated rings. The molecule has 1 heterocycles. The fourth-order valence-corrected chi connectivity index (χ4v) is 3.41. The van der Waals surface area contributed by atoms with Crippen molar-refractivity contribution in [2.45, 2.75) is 18.9 Å². The quantitative estimate of drug-likeness (QED) is 0.689. The van der Waals surface area contributed by atoms with Crippen LogP contribution in [0.3, 0.4) is 0 Å². The van der Waals surface area contributed by atoms with Crippen LogP contribution in [0.5, 0.6) is 5.75 Å². The Labute approximate surface area is 141 Å². The zero-order valence-electron chi connectivity index (χ0n) is 13.0. The van der Waals surface area contributed by atoms with Gasteiger partial charge >= 0.3 is 0 Å². The molecule has 3 heteroatoms. The number of rotatable bonds is 7. The van der Waals surface area contributed by atoms with Gasteiger partial charge < -0.3 is 10.5 Å². The summed E-state index contributed by atoms with van der Waals surface area (Å²) in [4.78, 5) is 1.36. The topological polar surface area (TPSA) is 35.2 Å². The van der Waals surface area contributed by atoms with E-state index in [1.807, 2.05) is 30.3 Å². The molecule has 23 heavy (non-hydrogen) atoms. The van der Waals surface area contributed by atoms with Crippen LogP contribution in [-0.2, 0) is 13.0 Å². The molecule has 2 N–H and O–H groups in total. The molecule has 0 aliphatic rings. The normalized spacial score (nSPS) is 12.0. The third kappa shape index (κ3) is 4.44. The Bertz CT molecular complexity index is 692. The zero-order chi connectivity index (χ0) is 15.9. The average Bonchev–Trinajstić information content (AvgIpc) is 3.14. The van der Waals surface area contributed by atoms with Gasteiger partial charge in [0.05, 0.1) is 0 Å². The summed E-state index contributed by atoms with van der Waals surface area (Å²) in [5, 5.41) is 2.11. The molecule has 1 unspecified atom stereocenters. The monoisotopic (exact) mass is 323 g/mol. The lowest BCUT2D eigenvalue weighted by molar-refractivity contribution is 0.306. The molecule has 0 amide bonds. The number of hydrogen-bond donors (Lipinski definition) is 1. The van der Waals surface area contributed by atoms with Gasteiger partial charge in [0.1, 0.15) is 12.4 Å². The van der Waals surface area contributed by atoms with Crippen molar-refractivity contribution in [2.24, 2.45) is 5.73 Å². The molecule has 0 aliphatic carbocycles. The molecule has 0 saturated heterocycles. The van der Waals surface area contributed by atoms with Crippen molar-refractivity contribution < 1.29 is 4.74 Å². The Hall–Kier alpha value is -2.10. The first kappa shape index (κ1) is 15.8. The standard InChI is InChI=1S/C20H21NOS/c21-14-18(20-7-4-12-23-20)13-16-8-10-19(11-9-16)22-15-17-5-2-1-3-6-17/h1-12,18H,13-15,21H2. The average molecular weight is 323 g/mol. The summed E-state index contributed by atoms with van der Waals surface area (Å²) < 4.78 is 5.83. The molecule has 2 aromatic carbocycles. The highest BCUT2D eigenvalue weighted by molar-refractivity contribution is 7.10. The summed E-state index contributed by atoms with van der Waals surface area (Å²) in [7, 11) is 0. The van der Waals surface area contributed by atoms with Crippen molar-refractivity contribution in [2.75, 3.05) is 6.54 Å². The summed E-state index contributed by atoms with van der Waals surface area (Å²) in [5.41, 5.74) is 8.41. The second-order valence-electron chi connectivity index (χ2n) is 5.57. The number of ether oxygens (including phenoxy) is 1. The van der Waals surface area contributed by atoms with Gasteiger partial charge in [0, 0.05) is 17.3 Å². The van der Waals surface area contributed by atoms with E-state index < -0.39 is 0 Å². The molecular weight excluding hydrogens is 302 g/mol. The van der Waals surface area contributed by atoms with Crippen molar-refractivity contribution in [1.29, 1.82) is 0 Å². The molecule has 1 atom stereocenters. The van der Waals surface area contributed by atoms with Gasteiger partial charge in [-0.25, -0.2) is 0 Å². The van der Waals surface area contributed by atoms with E-state index in [2.05, 4.69) is 41.8 Å². The number of benzene rings is 2. The predicted octanol–water partition coefficient (Wildman–Crippen LogP) is 4.61. The van der Waals surface area contributed by atoms with Crippen molar-refractivity contribution in [3.8, 4) is 5.75 Å². The smallest absolute Gasteiger partial charge is 0.119 e. The predicted molar refractivity (Wildman–Crippen MR) is 97.0 cm³/mol. The fourth-order valence-electron chi connectivity index (χ4n) is 2.57. The Balaban J connectivity index is 1.58. The molecule has 3 rings (SSSR count). The molecule has 0 radical (unpaired) electrons. The summed E-state index contributed by atoms with van der Waals surface area (Å²) in [5.74, 6) is 1.30. The van der Waals surface area contributed by atoms with E-state index in [-0.39, 0.29) is 0 Å². The summed E-state index contributed by atoms with van der Waals surface area (Å²) in [6, 6.07) is 22.8. The Kier molecular flexibility index (Phi) is 5.46. The lowest BCUT2D eigenvalue weighted by Gasteiger charge is -2.13. The lowest BCUT2D eigenvalue weighted by Crippen LogP contribution is -2.13. The molecule has 2 nitrogen and oxygen atoms in total. The first-order valence-electron chi connectivity index (χ1n) is 7.84. The van der Waals surface area contributed by atoms with E-state index in [0.29, 0.717) is 19.1 Å². The van der Waals surface area contributed by atoms with Crippen LogP contribution in [0.15, 0.2) is 72.1 Å². The maximum absolute atomic E-state index is 5.94. The maximum Gasteiger partial charge on any atom is 0.119 e. The molecular formula is C20H21NOS. The highest BCUT2D eigenvalue weighted by Crippen LogP contribution is 2.25. The van der Waals surface area contributed by atoms with E-state index in [1.165, 1.54) is 16.0 Å². The first-order chi connectivity index (χ1) is 11.3. The second-order valence-corrected chi connectivity index (χ2v) is 6.55. The fraction of sp³-hybridized carbons (Fsp3) is 0.200. The minimum atomic E-state index is 0.395. The van der Waals surface area contributed by atoms with Crippen molar-refractivity contribution >= 4 is 11.3 Å². The van der Waals surface area contributed by atoms with Crippen LogP contribution in [0.2, 0.25) is 0 Å². The van der Waals surface area contributed by atoms with Crippen LogP contribution >= 0.6 is 11.3 Å². The van der Waals surface area contributed by atoms with E-state index in [9.17, 15) is 0 Å². The van der Waals surface area contributed by atoms with Gasteiger partial charge in [-0.15, -0.1) is 11.3 Å². The van der Waals surface area contributed by atoms with Crippen LogP contribution < -0.4 is 10.5 Å². The molecule has 0 aliphatic heterocycles. The van der Waals surface area contributed by atoms with E-state index in [4.69, 9.17) is 10.5 Å². The van der Waals surface area contributed by atoms with Crippen molar-refractivity contribution in [3.05, 3.63) is 88.1 Å². The highest BCUT2D eigenvalue weighted by atomic mass is 32.1.